The standard InChI is InChI=1S/C16H13BrF2NO3PS.2Na/c17-14-7-13(5-6-15(14)23-24(21,22)16(18)19)10-25-9-12-3-1-11(8-20)2-4-12;;/h1-7,16H,9-10H2,(H,21,22);;. The van der Waals surface area contributed by atoms with Crippen molar-refractivity contribution in [3.05, 3.63) is 63.6 Å². The van der Waals surface area contributed by atoms with E-state index >= 15 is 0 Å². The van der Waals surface area contributed by atoms with Crippen LogP contribution in [0.4, 0.5) is 8.78 Å². The van der Waals surface area contributed by atoms with Crippen LogP contribution in [-0.2, 0) is 16.1 Å². The molecule has 0 heterocycles. The molecule has 0 aromatic heterocycles. The van der Waals surface area contributed by atoms with Crippen LogP contribution in [0.2, 0.25) is 0 Å². The van der Waals surface area contributed by atoms with Crippen LogP contribution in [0, 0.1) is 11.3 Å². The van der Waals surface area contributed by atoms with Gasteiger partial charge in [-0.1, -0.05) is 18.2 Å². The van der Waals surface area contributed by atoms with Crippen molar-refractivity contribution in [1.29, 1.82) is 5.26 Å². The molecule has 0 saturated heterocycles. The first-order valence-corrected chi connectivity index (χ1v) is 10.6. The Morgan fingerprint density at radius 1 is 1.15 bits per heavy atom. The predicted octanol–water partition coefficient (Wildman–Crippen LogP) is 4.78. The summed E-state index contributed by atoms with van der Waals surface area (Å²) in [4.78, 5) is 9.08. The second kappa shape index (κ2) is 13.0. The van der Waals surface area contributed by atoms with Gasteiger partial charge in [0.1, 0.15) is 5.75 Å². The minimum atomic E-state index is -4.99. The van der Waals surface area contributed by atoms with Crippen LogP contribution in [0.5, 0.6) is 5.75 Å². The Morgan fingerprint density at radius 2 is 1.70 bits per heavy atom. The summed E-state index contributed by atoms with van der Waals surface area (Å²) in [6, 6.07) is 14.1. The van der Waals surface area contributed by atoms with Crippen molar-refractivity contribution < 1.29 is 22.8 Å². The van der Waals surface area contributed by atoms with Gasteiger partial charge >= 0.3 is 13.8 Å². The fourth-order valence-corrected chi connectivity index (χ4v) is 3.95. The topological polar surface area (TPSA) is 70.3 Å². The van der Waals surface area contributed by atoms with Crippen LogP contribution < -0.4 is 4.52 Å². The van der Waals surface area contributed by atoms with Gasteiger partial charge in [0.25, 0.3) is 0 Å². The van der Waals surface area contributed by atoms with Crippen LogP contribution in [0.3, 0.4) is 0 Å². The number of nitrogens with zero attached hydrogens (tertiary/aromatic N) is 1. The van der Waals surface area contributed by atoms with E-state index in [-0.39, 0.29) is 64.9 Å². The molecule has 1 unspecified atom stereocenters. The average molecular weight is 494 g/mol. The molecule has 0 aliphatic rings. The molecule has 0 amide bonds. The number of alkyl halides is 2. The van der Waals surface area contributed by atoms with Gasteiger partial charge in [-0.15, -0.1) is 0 Å². The van der Waals surface area contributed by atoms with Crippen molar-refractivity contribution in [3.8, 4) is 11.8 Å². The van der Waals surface area contributed by atoms with E-state index in [4.69, 9.17) is 10.2 Å². The van der Waals surface area contributed by atoms with Gasteiger partial charge < -0.3 is 9.42 Å². The molecule has 0 spiro atoms. The van der Waals surface area contributed by atoms with Crippen molar-refractivity contribution in [2.24, 2.45) is 0 Å². The van der Waals surface area contributed by atoms with E-state index in [2.05, 4.69) is 26.5 Å². The van der Waals surface area contributed by atoms with E-state index in [1.807, 2.05) is 12.1 Å². The zero-order chi connectivity index (χ0) is 18.4. The molecule has 0 fully saturated rings. The SMILES string of the molecule is N#Cc1ccc(CSCc2ccc(OP(=O)(O)C(F)F)c(Br)c2)cc1.[Na].[Na]. The molecule has 0 bridgehead atoms. The van der Waals surface area contributed by atoms with E-state index in [0.29, 0.717) is 15.8 Å². The molecule has 4 nitrogen and oxygen atoms in total. The predicted molar refractivity (Wildman–Crippen MR) is 108 cm³/mol. The average Bonchev–Trinajstić information content (AvgIpc) is 2.57. The van der Waals surface area contributed by atoms with Crippen molar-refractivity contribution in [3.63, 3.8) is 0 Å². The summed E-state index contributed by atoms with van der Waals surface area (Å²) < 4.78 is 40.9. The first kappa shape index (κ1) is 27.6. The Bertz CT molecular complexity index is 837. The van der Waals surface area contributed by atoms with Crippen molar-refractivity contribution in [2.45, 2.75) is 17.7 Å². The smallest absolute Gasteiger partial charge is 0.420 e. The van der Waals surface area contributed by atoms with Crippen molar-refractivity contribution in [1.82, 2.24) is 0 Å². The molecule has 2 rings (SSSR count). The molecule has 2 radical (unpaired) electrons. The Kier molecular flexibility index (Phi) is 13.3. The first-order chi connectivity index (χ1) is 11.8. The number of hydrogen-bond acceptors (Lipinski definition) is 4. The van der Waals surface area contributed by atoms with E-state index in [9.17, 15) is 13.3 Å². The van der Waals surface area contributed by atoms with Crippen LogP contribution in [-0.4, -0.2) is 70.2 Å². The summed E-state index contributed by atoms with van der Waals surface area (Å²) in [5.74, 6) is 1.30. The minimum Gasteiger partial charge on any atom is -0.420 e. The molecule has 11 heteroatoms. The fraction of sp³-hybridized carbons (Fsp3) is 0.188. The van der Waals surface area contributed by atoms with Gasteiger partial charge in [0, 0.05) is 70.6 Å². The summed E-state index contributed by atoms with van der Waals surface area (Å²) >= 11 is 4.80. The number of benzene rings is 2. The maximum absolute atomic E-state index is 12.4. The Morgan fingerprint density at radius 3 is 2.22 bits per heavy atom. The maximum Gasteiger partial charge on any atom is 0.442 e. The molecule has 0 aliphatic heterocycles. The Balaban J connectivity index is 0.00000338. The third-order valence-electron chi connectivity index (χ3n) is 3.09. The van der Waals surface area contributed by atoms with E-state index in [1.54, 1.807) is 36.0 Å². The zero-order valence-corrected chi connectivity index (χ0v) is 22.0. The van der Waals surface area contributed by atoms with E-state index in [1.165, 1.54) is 6.07 Å². The molecule has 0 saturated carbocycles. The van der Waals surface area contributed by atoms with Crippen LogP contribution >= 0.6 is 35.3 Å². The first-order valence-electron chi connectivity index (χ1n) is 6.97. The largest absolute Gasteiger partial charge is 0.442 e. The van der Waals surface area contributed by atoms with Gasteiger partial charge in [-0.05, 0) is 51.3 Å². The minimum absolute atomic E-state index is 0. The molecule has 2 aromatic carbocycles. The monoisotopic (exact) mass is 493 g/mol. The van der Waals surface area contributed by atoms with Gasteiger partial charge in [0.15, 0.2) is 0 Å². The van der Waals surface area contributed by atoms with Crippen molar-refractivity contribution in [2.75, 3.05) is 0 Å². The van der Waals surface area contributed by atoms with Gasteiger partial charge in [-0.2, -0.15) is 25.8 Å². The van der Waals surface area contributed by atoms with Gasteiger partial charge in [0.2, 0.25) is 0 Å². The molecule has 1 N–H and O–H groups in total. The van der Waals surface area contributed by atoms with Gasteiger partial charge in [-0.3, -0.25) is 0 Å². The second-order valence-corrected chi connectivity index (χ2v) is 8.54. The molecular formula is C16H13BrF2NNa2O3PS. The zero-order valence-electron chi connectivity index (χ0n) is 14.7. The summed E-state index contributed by atoms with van der Waals surface area (Å²) in [7, 11) is -4.99. The van der Waals surface area contributed by atoms with E-state index in [0.717, 1.165) is 16.9 Å². The third-order valence-corrected chi connectivity index (χ3v) is 5.74. The molecule has 0 aliphatic carbocycles. The molecule has 27 heavy (non-hydrogen) atoms. The van der Waals surface area contributed by atoms with Crippen LogP contribution in [0.25, 0.3) is 0 Å². The molecule has 2 aromatic rings. The molecular weight excluding hydrogens is 481 g/mol. The summed E-state index contributed by atoms with van der Waals surface area (Å²) in [5, 5.41) is 8.76. The number of rotatable bonds is 7. The normalized spacial score (nSPS) is 12.3. The quantitative estimate of drug-likeness (QED) is 0.444. The van der Waals surface area contributed by atoms with Crippen LogP contribution in [0.15, 0.2) is 46.9 Å². The molecule has 134 valence electrons. The van der Waals surface area contributed by atoms with Gasteiger partial charge in [-0.25, -0.2) is 4.57 Å². The molecule has 1 atom stereocenters. The summed E-state index contributed by atoms with van der Waals surface area (Å²) in [5.41, 5.74) is 2.60. The third kappa shape index (κ3) is 8.88. The second-order valence-electron chi connectivity index (χ2n) is 5.00. The summed E-state index contributed by atoms with van der Waals surface area (Å²) in [6.45, 7) is 0. The van der Waals surface area contributed by atoms with Gasteiger partial charge in [0.05, 0.1) is 16.1 Å². The number of hydrogen-bond donors (Lipinski definition) is 1. The van der Waals surface area contributed by atoms with E-state index < -0.39 is 13.8 Å². The van der Waals surface area contributed by atoms with Crippen LogP contribution in [0.1, 0.15) is 16.7 Å². The maximum atomic E-state index is 12.4. The van der Waals surface area contributed by atoms with Crippen molar-refractivity contribution >= 4 is 94.4 Å². The fourth-order valence-electron chi connectivity index (χ4n) is 1.85. The number of halogens is 3. The Labute approximate surface area is 213 Å². The summed E-state index contributed by atoms with van der Waals surface area (Å²) in [6.07, 6.45) is -3.46. The Hall–Kier alpha value is 0.610. The number of thioether (sulfide) groups is 1. The number of nitriles is 1.